The van der Waals surface area contributed by atoms with Crippen molar-refractivity contribution in [2.45, 2.75) is 31.8 Å². The number of nitrogens with zero attached hydrogens (tertiary/aromatic N) is 2. The maximum absolute atomic E-state index is 12.4. The average molecular weight is 468 g/mol. The summed E-state index contributed by atoms with van der Waals surface area (Å²) in [5.74, 6) is 0.658. The van der Waals surface area contributed by atoms with Gasteiger partial charge >= 0.3 is 5.69 Å². The van der Waals surface area contributed by atoms with Crippen molar-refractivity contribution in [3.8, 4) is 11.3 Å². The van der Waals surface area contributed by atoms with Crippen LogP contribution in [0.4, 0.5) is 0 Å². The van der Waals surface area contributed by atoms with Gasteiger partial charge in [0.1, 0.15) is 12.3 Å². The monoisotopic (exact) mass is 468 g/mol. The van der Waals surface area contributed by atoms with E-state index >= 15 is 0 Å². The van der Waals surface area contributed by atoms with E-state index in [2.05, 4.69) is 27.6 Å². The second-order valence-electron chi connectivity index (χ2n) is 6.38. The van der Waals surface area contributed by atoms with Crippen LogP contribution in [-0.2, 0) is 4.74 Å². The molecular weight excluding hydrogens is 451 g/mol. The number of halogens is 1. The van der Waals surface area contributed by atoms with Crippen molar-refractivity contribution in [2.24, 2.45) is 0 Å². The van der Waals surface area contributed by atoms with E-state index in [-0.39, 0.29) is 18.7 Å². The van der Waals surface area contributed by atoms with Crippen molar-refractivity contribution < 1.29 is 19.4 Å². The van der Waals surface area contributed by atoms with Crippen molar-refractivity contribution in [1.29, 1.82) is 0 Å². The van der Waals surface area contributed by atoms with Crippen LogP contribution in [0.15, 0.2) is 39.7 Å². The zero-order valence-electron chi connectivity index (χ0n) is 13.9. The van der Waals surface area contributed by atoms with Gasteiger partial charge in [-0.15, -0.1) is 0 Å². The molecule has 0 bridgehead atoms. The van der Waals surface area contributed by atoms with E-state index in [1.54, 1.807) is 6.20 Å². The Bertz CT molecular complexity index is 1010. The summed E-state index contributed by atoms with van der Waals surface area (Å²) in [5, 5.41) is 19.8. The number of furan rings is 1. The molecule has 4 rings (SSSR count). The molecule has 1 aromatic carbocycles. The summed E-state index contributed by atoms with van der Waals surface area (Å²) >= 11 is 2.17. The highest BCUT2D eigenvalue weighted by Gasteiger charge is 2.35. The minimum Gasteiger partial charge on any atom is -0.436 e. The predicted molar refractivity (Wildman–Crippen MR) is 103 cm³/mol. The SMILES string of the molecule is Cc1ccc(-c2oc3nc(=O)n([C@H]4C[C@H](O)[C@@H](CO)O4)cc3c2I)cc1. The zero-order valence-corrected chi connectivity index (χ0v) is 16.1. The summed E-state index contributed by atoms with van der Waals surface area (Å²) in [6.07, 6.45) is -0.323. The van der Waals surface area contributed by atoms with Gasteiger partial charge in [-0.1, -0.05) is 29.8 Å². The van der Waals surface area contributed by atoms with Gasteiger partial charge in [0, 0.05) is 18.2 Å². The summed E-state index contributed by atoms with van der Waals surface area (Å²) < 4.78 is 13.6. The molecule has 26 heavy (non-hydrogen) atoms. The van der Waals surface area contributed by atoms with Gasteiger partial charge in [0.2, 0.25) is 5.71 Å². The number of benzene rings is 1. The van der Waals surface area contributed by atoms with Crippen LogP contribution in [0, 0.1) is 10.5 Å². The Labute approximate surface area is 162 Å². The van der Waals surface area contributed by atoms with Crippen molar-refractivity contribution in [1.82, 2.24) is 9.55 Å². The lowest BCUT2D eigenvalue weighted by Crippen LogP contribution is -2.27. The van der Waals surface area contributed by atoms with E-state index in [0.29, 0.717) is 11.1 Å². The maximum atomic E-state index is 12.4. The lowest BCUT2D eigenvalue weighted by Gasteiger charge is -2.13. The Hall–Kier alpha value is -1.75. The molecular formula is C18H17IN2O5. The minimum absolute atomic E-state index is 0.220. The van der Waals surface area contributed by atoms with Crippen LogP contribution in [0.1, 0.15) is 18.2 Å². The number of aryl methyl sites for hydroxylation is 1. The van der Waals surface area contributed by atoms with Crippen LogP contribution in [0.5, 0.6) is 0 Å². The van der Waals surface area contributed by atoms with Crippen LogP contribution >= 0.6 is 22.6 Å². The van der Waals surface area contributed by atoms with Gasteiger partial charge in [-0.2, -0.15) is 4.98 Å². The molecule has 1 fully saturated rings. The fourth-order valence-electron chi connectivity index (χ4n) is 3.09. The highest BCUT2D eigenvalue weighted by molar-refractivity contribution is 14.1. The molecule has 1 aliphatic heterocycles. The first-order valence-corrected chi connectivity index (χ1v) is 9.28. The molecule has 3 heterocycles. The molecule has 8 heteroatoms. The van der Waals surface area contributed by atoms with Crippen molar-refractivity contribution in [2.75, 3.05) is 6.61 Å². The number of hydrogen-bond donors (Lipinski definition) is 2. The molecule has 7 nitrogen and oxygen atoms in total. The number of rotatable bonds is 3. The van der Waals surface area contributed by atoms with Gasteiger partial charge < -0.3 is 19.4 Å². The standard InChI is InChI=1S/C18H17IN2O5/c1-9-2-4-10(5-3-9)16-15(19)11-7-21(18(24)20-17(11)26-16)14-6-12(23)13(8-22)25-14/h2-5,7,12-14,22-23H,6,8H2,1H3/t12-,13+,14+/m0/s1. The molecule has 0 radical (unpaired) electrons. The Kier molecular flexibility index (Phi) is 4.59. The molecule has 0 saturated carbocycles. The largest absolute Gasteiger partial charge is 0.436 e. The van der Waals surface area contributed by atoms with Gasteiger partial charge in [0.25, 0.3) is 0 Å². The average Bonchev–Trinajstić information content (AvgIpc) is 3.15. The van der Waals surface area contributed by atoms with Crippen LogP contribution in [0.25, 0.3) is 22.4 Å². The predicted octanol–water partition coefficient (Wildman–Crippen LogP) is 2.21. The van der Waals surface area contributed by atoms with E-state index in [0.717, 1.165) is 14.7 Å². The summed E-state index contributed by atoms with van der Waals surface area (Å²) in [7, 11) is 0. The molecule has 1 aliphatic rings. The van der Waals surface area contributed by atoms with Crippen molar-refractivity contribution in [3.05, 3.63) is 50.1 Å². The minimum atomic E-state index is -0.820. The van der Waals surface area contributed by atoms with Crippen LogP contribution < -0.4 is 5.69 Å². The van der Waals surface area contributed by atoms with Crippen LogP contribution in [0.3, 0.4) is 0 Å². The molecule has 136 valence electrons. The van der Waals surface area contributed by atoms with Gasteiger partial charge in [-0.05, 0) is 29.5 Å². The van der Waals surface area contributed by atoms with E-state index < -0.39 is 24.1 Å². The summed E-state index contributed by atoms with van der Waals surface area (Å²) in [6, 6.07) is 7.91. The third-order valence-corrected chi connectivity index (χ3v) is 5.63. The molecule has 2 aromatic heterocycles. The lowest BCUT2D eigenvalue weighted by molar-refractivity contribution is -0.0457. The van der Waals surface area contributed by atoms with E-state index in [1.165, 1.54) is 4.57 Å². The molecule has 0 spiro atoms. The first kappa shape index (κ1) is 17.7. The van der Waals surface area contributed by atoms with Gasteiger partial charge in [0.15, 0.2) is 5.76 Å². The van der Waals surface area contributed by atoms with Crippen molar-refractivity contribution in [3.63, 3.8) is 0 Å². The number of aliphatic hydroxyl groups is 2. The molecule has 2 N–H and O–H groups in total. The Morgan fingerprint density at radius 2 is 2.08 bits per heavy atom. The van der Waals surface area contributed by atoms with E-state index in [1.807, 2.05) is 31.2 Å². The highest BCUT2D eigenvalue weighted by atomic mass is 127. The van der Waals surface area contributed by atoms with Crippen LogP contribution in [0.2, 0.25) is 0 Å². The van der Waals surface area contributed by atoms with Gasteiger partial charge in [0.05, 0.1) is 21.7 Å². The normalized spacial score (nSPS) is 23.0. The smallest absolute Gasteiger partial charge is 0.353 e. The van der Waals surface area contributed by atoms with E-state index in [9.17, 15) is 15.0 Å². The fraction of sp³-hybridized carbons (Fsp3) is 0.333. The molecule has 3 aromatic rings. The first-order chi connectivity index (χ1) is 12.5. The topological polar surface area (TPSA) is 97.7 Å². The highest BCUT2D eigenvalue weighted by Crippen LogP contribution is 2.34. The third-order valence-electron chi connectivity index (χ3n) is 4.56. The Morgan fingerprint density at radius 3 is 2.73 bits per heavy atom. The van der Waals surface area contributed by atoms with Crippen molar-refractivity contribution >= 4 is 33.7 Å². The maximum Gasteiger partial charge on any atom is 0.353 e. The second kappa shape index (κ2) is 6.76. The zero-order chi connectivity index (χ0) is 18.4. The summed E-state index contributed by atoms with van der Waals surface area (Å²) in [4.78, 5) is 16.4. The van der Waals surface area contributed by atoms with E-state index in [4.69, 9.17) is 9.15 Å². The number of aliphatic hydroxyl groups excluding tert-OH is 2. The third kappa shape index (κ3) is 2.96. The number of hydrogen-bond acceptors (Lipinski definition) is 6. The number of fused-ring (bicyclic) bond motifs is 1. The molecule has 0 aliphatic carbocycles. The van der Waals surface area contributed by atoms with Gasteiger partial charge in [-0.3, -0.25) is 4.57 Å². The molecule has 3 atom stereocenters. The van der Waals surface area contributed by atoms with Crippen LogP contribution in [-0.4, -0.2) is 38.6 Å². The quantitative estimate of drug-likeness (QED) is 0.573. The Morgan fingerprint density at radius 1 is 1.35 bits per heavy atom. The fourth-order valence-corrected chi connectivity index (χ4v) is 3.89. The Balaban J connectivity index is 1.79. The second-order valence-corrected chi connectivity index (χ2v) is 7.45. The van der Waals surface area contributed by atoms with Gasteiger partial charge in [-0.25, -0.2) is 4.79 Å². The molecule has 0 amide bonds. The summed E-state index contributed by atoms with van der Waals surface area (Å²) in [6.45, 7) is 1.71. The number of ether oxygens (including phenoxy) is 1. The number of aromatic nitrogens is 2. The lowest BCUT2D eigenvalue weighted by atomic mass is 10.1. The molecule has 0 unspecified atom stereocenters. The first-order valence-electron chi connectivity index (χ1n) is 8.20. The summed E-state index contributed by atoms with van der Waals surface area (Å²) in [5.41, 5.74) is 1.80. The molecule has 1 saturated heterocycles.